The first kappa shape index (κ1) is 14.6. The largest absolute Gasteiger partial charge is 0.484 e. The minimum absolute atomic E-state index is 0.0807. The molecule has 0 aliphatic heterocycles. The maximum absolute atomic E-state index is 11.5. The van der Waals surface area contributed by atoms with Gasteiger partial charge in [0.1, 0.15) is 11.5 Å². The van der Waals surface area contributed by atoms with Crippen molar-refractivity contribution in [1.82, 2.24) is 5.43 Å². The Labute approximate surface area is 122 Å². The Morgan fingerprint density at radius 1 is 1.38 bits per heavy atom. The summed E-state index contributed by atoms with van der Waals surface area (Å²) in [5, 5.41) is 3.77. The van der Waals surface area contributed by atoms with Gasteiger partial charge < -0.3 is 9.15 Å². The Hall–Kier alpha value is -2.82. The Morgan fingerprint density at radius 3 is 3.05 bits per heavy atom. The number of carbonyl (C=O) groups excluding carboxylic acids is 1. The first-order valence-electron chi connectivity index (χ1n) is 6.45. The van der Waals surface area contributed by atoms with E-state index in [4.69, 9.17) is 9.15 Å². The van der Waals surface area contributed by atoms with Crippen LogP contribution in [0.5, 0.6) is 5.75 Å². The predicted molar refractivity (Wildman–Crippen MR) is 81.1 cm³/mol. The van der Waals surface area contributed by atoms with Gasteiger partial charge in [-0.1, -0.05) is 12.1 Å². The van der Waals surface area contributed by atoms with Crippen LogP contribution < -0.4 is 10.2 Å². The van der Waals surface area contributed by atoms with Crippen molar-refractivity contribution in [3.63, 3.8) is 0 Å². The zero-order chi connectivity index (χ0) is 14.9. The smallest absolute Gasteiger partial charge is 0.277 e. The minimum atomic E-state index is -0.320. The van der Waals surface area contributed by atoms with Crippen LogP contribution in [-0.2, 0) is 4.79 Å². The fourth-order valence-electron chi connectivity index (χ4n) is 1.56. The number of furan rings is 1. The molecule has 0 spiro atoms. The zero-order valence-electron chi connectivity index (χ0n) is 11.7. The second-order valence-corrected chi connectivity index (χ2v) is 4.29. The van der Waals surface area contributed by atoms with Crippen molar-refractivity contribution < 1.29 is 13.9 Å². The van der Waals surface area contributed by atoms with Gasteiger partial charge in [0.25, 0.3) is 5.91 Å². The Bertz CT molecular complexity index is 631. The molecule has 0 atom stereocenters. The Kier molecular flexibility index (Phi) is 5.34. The van der Waals surface area contributed by atoms with Gasteiger partial charge in [-0.15, -0.1) is 0 Å². The van der Waals surface area contributed by atoms with E-state index in [0.29, 0.717) is 5.75 Å². The SMILES string of the molecule is Cc1cccc(OCC(=O)N/N=C/C=C/c2ccco2)c1. The van der Waals surface area contributed by atoms with Crippen LogP contribution in [0.25, 0.3) is 6.08 Å². The molecule has 1 aromatic carbocycles. The van der Waals surface area contributed by atoms with E-state index in [9.17, 15) is 4.79 Å². The molecule has 0 fully saturated rings. The second kappa shape index (κ2) is 7.69. The summed E-state index contributed by atoms with van der Waals surface area (Å²) in [6, 6.07) is 11.1. The summed E-state index contributed by atoms with van der Waals surface area (Å²) in [5.74, 6) is 1.06. The monoisotopic (exact) mass is 284 g/mol. The number of hydrazone groups is 1. The summed E-state index contributed by atoms with van der Waals surface area (Å²) in [7, 11) is 0. The van der Waals surface area contributed by atoms with Crippen LogP contribution in [0.4, 0.5) is 0 Å². The van der Waals surface area contributed by atoms with Gasteiger partial charge in [0, 0.05) is 6.21 Å². The highest BCUT2D eigenvalue weighted by Gasteiger charge is 2.00. The summed E-state index contributed by atoms with van der Waals surface area (Å²) in [5.41, 5.74) is 3.45. The highest BCUT2D eigenvalue weighted by Crippen LogP contribution is 2.11. The number of hydrogen-bond acceptors (Lipinski definition) is 4. The molecular formula is C16H16N2O3. The van der Waals surface area contributed by atoms with Crippen LogP contribution in [0.2, 0.25) is 0 Å². The summed E-state index contributed by atoms with van der Waals surface area (Å²) >= 11 is 0. The van der Waals surface area contributed by atoms with Gasteiger partial charge in [-0.3, -0.25) is 4.79 Å². The minimum Gasteiger partial charge on any atom is -0.484 e. The third-order valence-electron chi connectivity index (χ3n) is 2.51. The molecule has 5 nitrogen and oxygen atoms in total. The third-order valence-corrected chi connectivity index (χ3v) is 2.51. The number of hydrogen-bond donors (Lipinski definition) is 1. The van der Waals surface area contributed by atoms with Crippen LogP contribution in [0, 0.1) is 6.92 Å². The van der Waals surface area contributed by atoms with Crippen molar-refractivity contribution in [2.24, 2.45) is 5.10 Å². The van der Waals surface area contributed by atoms with E-state index in [-0.39, 0.29) is 12.5 Å². The van der Waals surface area contributed by atoms with Crippen LogP contribution in [0.15, 0.2) is 58.3 Å². The van der Waals surface area contributed by atoms with Crippen LogP contribution in [0.3, 0.4) is 0 Å². The van der Waals surface area contributed by atoms with E-state index < -0.39 is 0 Å². The molecule has 0 bridgehead atoms. The third kappa shape index (κ3) is 5.36. The van der Waals surface area contributed by atoms with E-state index >= 15 is 0 Å². The molecule has 0 aliphatic rings. The lowest BCUT2D eigenvalue weighted by molar-refractivity contribution is -0.123. The number of carbonyl (C=O) groups is 1. The van der Waals surface area contributed by atoms with E-state index in [1.807, 2.05) is 31.2 Å². The average molecular weight is 284 g/mol. The number of allylic oxidation sites excluding steroid dienone is 1. The molecule has 5 heteroatoms. The molecule has 21 heavy (non-hydrogen) atoms. The van der Waals surface area contributed by atoms with Gasteiger partial charge in [0.2, 0.25) is 0 Å². The fourth-order valence-corrected chi connectivity index (χ4v) is 1.56. The van der Waals surface area contributed by atoms with Crippen molar-refractivity contribution in [1.29, 1.82) is 0 Å². The molecule has 1 N–H and O–H groups in total. The second-order valence-electron chi connectivity index (χ2n) is 4.29. The molecule has 1 heterocycles. The lowest BCUT2D eigenvalue weighted by atomic mass is 10.2. The highest BCUT2D eigenvalue weighted by atomic mass is 16.5. The van der Waals surface area contributed by atoms with E-state index in [2.05, 4.69) is 10.5 Å². The molecule has 0 saturated heterocycles. The summed E-state index contributed by atoms with van der Waals surface area (Å²) in [6.07, 6.45) is 6.45. The number of nitrogens with one attached hydrogen (secondary N) is 1. The van der Waals surface area contributed by atoms with Gasteiger partial charge in [-0.05, 0) is 48.9 Å². The molecule has 0 radical (unpaired) electrons. The molecule has 108 valence electrons. The van der Waals surface area contributed by atoms with Gasteiger partial charge in [0.15, 0.2) is 6.61 Å². The van der Waals surface area contributed by atoms with Crippen LogP contribution in [-0.4, -0.2) is 18.7 Å². The number of ether oxygens (including phenoxy) is 1. The molecule has 0 saturated carbocycles. The summed E-state index contributed by atoms with van der Waals surface area (Å²) < 4.78 is 10.4. The molecule has 0 unspecified atom stereocenters. The van der Waals surface area contributed by atoms with Gasteiger partial charge in [-0.2, -0.15) is 5.10 Å². The molecule has 0 aliphatic carbocycles. The number of nitrogens with zero attached hydrogens (tertiary/aromatic N) is 1. The predicted octanol–water partition coefficient (Wildman–Crippen LogP) is 2.78. The van der Waals surface area contributed by atoms with E-state index in [0.717, 1.165) is 11.3 Å². The van der Waals surface area contributed by atoms with E-state index in [1.54, 1.807) is 30.5 Å². The first-order chi connectivity index (χ1) is 10.2. The lowest BCUT2D eigenvalue weighted by Gasteiger charge is -2.05. The first-order valence-corrected chi connectivity index (χ1v) is 6.45. The number of rotatable bonds is 6. The van der Waals surface area contributed by atoms with Crippen molar-refractivity contribution in [2.75, 3.05) is 6.61 Å². The van der Waals surface area contributed by atoms with Crippen LogP contribution in [0.1, 0.15) is 11.3 Å². The summed E-state index contributed by atoms with van der Waals surface area (Å²) in [6.45, 7) is 1.88. The standard InChI is InChI=1S/C16H16N2O3/c1-13-5-2-6-15(11-13)21-12-16(19)18-17-9-3-7-14-8-4-10-20-14/h2-11H,12H2,1H3,(H,18,19)/b7-3+,17-9+. The summed E-state index contributed by atoms with van der Waals surface area (Å²) in [4.78, 5) is 11.5. The Morgan fingerprint density at radius 2 is 2.29 bits per heavy atom. The van der Waals surface area contributed by atoms with Crippen molar-refractivity contribution in [2.45, 2.75) is 6.92 Å². The molecule has 1 aromatic heterocycles. The quantitative estimate of drug-likeness (QED) is 0.655. The van der Waals surface area contributed by atoms with Crippen molar-refractivity contribution in [3.05, 3.63) is 60.1 Å². The molecule has 2 aromatic rings. The lowest BCUT2D eigenvalue weighted by Crippen LogP contribution is -2.24. The Balaban J connectivity index is 1.70. The molecular weight excluding hydrogens is 268 g/mol. The fraction of sp³-hybridized carbons (Fsp3) is 0.125. The number of amides is 1. The molecule has 2 rings (SSSR count). The van der Waals surface area contributed by atoms with Gasteiger partial charge >= 0.3 is 0 Å². The molecule has 1 amide bonds. The number of benzene rings is 1. The highest BCUT2D eigenvalue weighted by molar-refractivity contribution is 5.81. The maximum Gasteiger partial charge on any atom is 0.277 e. The zero-order valence-corrected chi connectivity index (χ0v) is 11.7. The van der Waals surface area contributed by atoms with E-state index in [1.165, 1.54) is 6.21 Å². The normalized spacial score (nSPS) is 11.1. The van der Waals surface area contributed by atoms with Crippen molar-refractivity contribution in [3.8, 4) is 5.75 Å². The average Bonchev–Trinajstić information content (AvgIpc) is 2.98. The van der Waals surface area contributed by atoms with Gasteiger partial charge in [-0.25, -0.2) is 5.43 Å². The van der Waals surface area contributed by atoms with Gasteiger partial charge in [0.05, 0.1) is 6.26 Å². The van der Waals surface area contributed by atoms with Crippen LogP contribution >= 0.6 is 0 Å². The van der Waals surface area contributed by atoms with Crippen molar-refractivity contribution >= 4 is 18.2 Å². The maximum atomic E-state index is 11.5. The number of aryl methyl sites for hydroxylation is 1. The topological polar surface area (TPSA) is 63.8 Å².